The van der Waals surface area contributed by atoms with Crippen molar-refractivity contribution in [3.8, 4) is 0 Å². The van der Waals surface area contributed by atoms with Gasteiger partial charge in [-0.05, 0) is 39.8 Å². The number of hydrogen-bond acceptors (Lipinski definition) is 6. The Hall–Kier alpha value is -1.83. The second kappa shape index (κ2) is 6.95. The van der Waals surface area contributed by atoms with Crippen LogP contribution < -0.4 is 10.6 Å². The smallest absolute Gasteiger partial charge is 0.407 e. The number of hydrogen-bond donors (Lipinski definition) is 2. The van der Waals surface area contributed by atoms with Crippen molar-refractivity contribution in [2.45, 2.75) is 44.4 Å². The van der Waals surface area contributed by atoms with Gasteiger partial charge in [0.25, 0.3) is 0 Å². The first-order valence-electron chi connectivity index (χ1n) is 6.87. The number of nitrogens with one attached hydrogen (secondary N) is 2. The number of anilines is 1. The highest BCUT2D eigenvalue weighted by Crippen LogP contribution is 2.11. The number of ether oxygens (including phenoxy) is 1. The van der Waals surface area contributed by atoms with Crippen molar-refractivity contribution in [1.82, 2.24) is 10.3 Å². The average molecular weight is 329 g/mol. The largest absolute Gasteiger partial charge is 0.444 e. The Morgan fingerprint density at radius 3 is 2.45 bits per heavy atom. The lowest BCUT2D eigenvalue weighted by atomic mass is 10.2. The van der Waals surface area contributed by atoms with Crippen molar-refractivity contribution in [1.29, 1.82) is 0 Å². The predicted octanol–water partition coefficient (Wildman–Crippen LogP) is 1.81. The molecule has 2 N–H and O–H groups in total. The number of sulfone groups is 1. The minimum atomic E-state index is -3.30. The van der Waals surface area contributed by atoms with Gasteiger partial charge in [-0.1, -0.05) is 0 Å². The Labute approximate surface area is 131 Å². The molecule has 1 aromatic heterocycles. The second-order valence-corrected chi connectivity index (χ2v) is 8.05. The van der Waals surface area contributed by atoms with Crippen LogP contribution in [0.15, 0.2) is 23.4 Å². The fraction of sp³-hybridized carbons (Fsp3) is 0.571. The third kappa shape index (κ3) is 6.75. The van der Waals surface area contributed by atoms with Crippen molar-refractivity contribution < 1.29 is 17.9 Å². The monoisotopic (exact) mass is 329 g/mol. The molecule has 7 nitrogen and oxygen atoms in total. The van der Waals surface area contributed by atoms with E-state index in [0.29, 0.717) is 12.2 Å². The number of carbonyl (C=O) groups is 1. The highest BCUT2D eigenvalue weighted by molar-refractivity contribution is 7.90. The molecule has 0 saturated heterocycles. The first-order chi connectivity index (χ1) is 9.97. The second-order valence-electron chi connectivity index (χ2n) is 6.09. The normalized spacial score (nSPS) is 13.3. The molecule has 124 valence electrons. The fourth-order valence-electron chi connectivity index (χ4n) is 1.57. The molecule has 0 aliphatic heterocycles. The van der Waals surface area contributed by atoms with Crippen LogP contribution >= 0.6 is 0 Å². The van der Waals surface area contributed by atoms with Crippen molar-refractivity contribution in [3.63, 3.8) is 0 Å². The van der Waals surface area contributed by atoms with E-state index >= 15 is 0 Å². The first-order valence-corrected chi connectivity index (χ1v) is 8.76. The number of pyridine rings is 1. The molecule has 1 heterocycles. The molecule has 1 atom stereocenters. The van der Waals surface area contributed by atoms with Crippen molar-refractivity contribution in [2.75, 3.05) is 18.1 Å². The lowest BCUT2D eigenvalue weighted by Gasteiger charge is -2.21. The minimum Gasteiger partial charge on any atom is -0.444 e. The van der Waals surface area contributed by atoms with Crippen LogP contribution in [0.25, 0.3) is 0 Å². The van der Waals surface area contributed by atoms with Crippen LogP contribution in [-0.4, -0.2) is 43.9 Å². The molecule has 0 aliphatic carbocycles. The van der Waals surface area contributed by atoms with Gasteiger partial charge in [-0.25, -0.2) is 18.2 Å². The van der Waals surface area contributed by atoms with E-state index in [2.05, 4.69) is 15.6 Å². The number of alkyl carbamates (subject to hydrolysis) is 1. The minimum absolute atomic E-state index is 0.0255. The van der Waals surface area contributed by atoms with Gasteiger partial charge >= 0.3 is 6.09 Å². The standard InChI is InChI=1S/C14H23N3O4S/c1-10(8-16-13(18)21-14(2,3)4)17-11-6-7-12(15-9-11)22(5,19)20/h6-7,9-10,17H,8H2,1-5H3,(H,16,18). The van der Waals surface area contributed by atoms with Crippen molar-refractivity contribution in [2.24, 2.45) is 0 Å². The highest BCUT2D eigenvalue weighted by Gasteiger charge is 2.16. The van der Waals surface area contributed by atoms with Gasteiger partial charge in [-0.15, -0.1) is 0 Å². The third-order valence-electron chi connectivity index (χ3n) is 2.48. The molecule has 22 heavy (non-hydrogen) atoms. The molecule has 8 heteroatoms. The highest BCUT2D eigenvalue weighted by atomic mass is 32.2. The quantitative estimate of drug-likeness (QED) is 0.855. The molecule has 1 aromatic rings. The fourth-order valence-corrected chi connectivity index (χ4v) is 2.13. The van der Waals surface area contributed by atoms with Crippen LogP contribution in [0.2, 0.25) is 0 Å². The van der Waals surface area contributed by atoms with Crippen LogP contribution in [0.3, 0.4) is 0 Å². The Balaban J connectivity index is 2.49. The van der Waals surface area contributed by atoms with Gasteiger partial charge in [0.2, 0.25) is 0 Å². The summed E-state index contributed by atoms with van der Waals surface area (Å²) in [6.45, 7) is 7.63. The summed E-state index contributed by atoms with van der Waals surface area (Å²) in [5.41, 5.74) is 0.137. The maximum atomic E-state index is 11.5. The summed E-state index contributed by atoms with van der Waals surface area (Å²) in [6, 6.07) is 3.00. The number of carbonyl (C=O) groups excluding carboxylic acids is 1. The summed E-state index contributed by atoms with van der Waals surface area (Å²) >= 11 is 0. The summed E-state index contributed by atoms with van der Waals surface area (Å²) in [6.07, 6.45) is 2.07. The molecular weight excluding hydrogens is 306 g/mol. The van der Waals surface area contributed by atoms with Crippen LogP contribution in [0.4, 0.5) is 10.5 Å². The maximum absolute atomic E-state index is 11.5. The van der Waals surface area contributed by atoms with Crippen molar-refractivity contribution >= 4 is 21.6 Å². The van der Waals surface area contributed by atoms with Crippen LogP contribution in [-0.2, 0) is 14.6 Å². The molecule has 0 fully saturated rings. The zero-order valence-corrected chi connectivity index (χ0v) is 14.3. The zero-order chi connectivity index (χ0) is 17.0. The van der Waals surface area contributed by atoms with E-state index in [1.807, 2.05) is 6.92 Å². The van der Waals surface area contributed by atoms with Gasteiger partial charge in [0.15, 0.2) is 14.9 Å². The van der Waals surface area contributed by atoms with E-state index in [0.717, 1.165) is 6.26 Å². The molecular formula is C14H23N3O4S. The van der Waals surface area contributed by atoms with Gasteiger partial charge in [-0.2, -0.15) is 0 Å². The van der Waals surface area contributed by atoms with E-state index in [1.165, 1.54) is 12.3 Å². The molecule has 0 saturated carbocycles. The molecule has 0 aliphatic rings. The molecule has 0 bridgehead atoms. The molecule has 1 unspecified atom stereocenters. The third-order valence-corrected chi connectivity index (χ3v) is 3.48. The van der Waals surface area contributed by atoms with E-state index in [9.17, 15) is 13.2 Å². The molecule has 1 rings (SSSR count). The summed E-state index contributed by atoms with van der Waals surface area (Å²) in [7, 11) is -3.30. The summed E-state index contributed by atoms with van der Waals surface area (Å²) in [5.74, 6) is 0. The van der Waals surface area contributed by atoms with Crippen molar-refractivity contribution in [3.05, 3.63) is 18.3 Å². The van der Waals surface area contributed by atoms with Gasteiger partial charge < -0.3 is 15.4 Å². The number of rotatable bonds is 5. The van der Waals surface area contributed by atoms with Gasteiger partial charge in [0.05, 0.1) is 11.9 Å². The summed E-state index contributed by atoms with van der Waals surface area (Å²) < 4.78 is 27.8. The Morgan fingerprint density at radius 2 is 2.00 bits per heavy atom. The SMILES string of the molecule is CC(CNC(=O)OC(C)(C)C)Nc1ccc(S(C)(=O)=O)nc1. The Bertz CT molecular complexity index is 606. The van der Waals surface area contributed by atoms with Gasteiger partial charge in [0, 0.05) is 18.8 Å². The molecule has 0 radical (unpaired) electrons. The van der Waals surface area contributed by atoms with Crippen LogP contribution in [0.1, 0.15) is 27.7 Å². The Kier molecular flexibility index (Phi) is 5.76. The molecule has 1 amide bonds. The van der Waals surface area contributed by atoms with Gasteiger partial charge in [0.1, 0.15) is 5.60 Å². The summed E-state index contributed by atoms with van der Waals surface area (Å²) in [4.78, 5) is 15.4. The topological polar surface area (TPSA) is 97.4 Å². The lowest BCUT2D eigenvalue weighted by Crippen LogP contribution is -2.38. The van der Waals surface area contributed by atoms with Gasteiger partial charge in [-0.3, -0.25) is 0 Å². The van der Waals surface area contributed by atoms with Crippen LogP contribution in [0, 0.1) is 0 Å². The number of nitrogens with zero attached hydrogens (tertiary/aromatic N) is 1. The van der Waals surface area contributed by atoms with E-state index in [1.54, 1.807) is 26.8 Å². The number of aromatic nitrogens is 1. The zero-order valence-electron chi connectivity index (χ0n) is 13.5. The molecule has 0 aromatic carbocycles. The number of amides is 1. The van der Waals surface area contributed by atoms with E-state index in [-0.39, 0.29) is 11.1 Å². The Morgan fingerprint density at radius 1 is 1.36 bits per heavy atom. The maximum Gasteiger partial charge on any atom is 0.407 e. The average Bonchev–Trinajstić information content (AvgIpc) is 2.34. The van der Waals surface area contributed by atoms with Crippen LogP contribution in [0.5, 0.6) is 0 Å². The molecule has 0 spiro atoms. The summed E-state index contributed by atoms with van der Waals surface area (Å²) in [5, 5.41) is 5.79. The van der Waals surface area contributed by atoms with E-state index in [4.69, 9.17) is 4.74 Å². The lowest BCUT2D eigenvalue weighted by molar-refractivity contribution is 0.0526. The predicted molar refractivity (Wildman–Crippen MR) is 84.7 cm³/mol. The first kappa shape index (κ1) is 18.2. The van der Waals surface area contributed by atoms with E-state index < -0.39 is 21.5 Å².